The van der Waals surface area contributed by atoms with Gasteiger partial charge in [0.15, 0.2) is 5.65 Å². The van der Waals surface area contributed by atoms with E-state index in [0.717, 1.165) is 52.3 Å². The summed E-state index contributed by atoms with van der Waals surface area (Å²) in [7, 11) is 1.63. The van der Waals surface area contributed by atoms with Gasteiger partial charge in [0.05, 0.1) is 5.69 Å². The molecule has 6 heteroatoms. The molecule has 6 rings (SSSR count). The summed E-state index contributed by atoms with van der Waals surface area (Å²) in [6.45, 7) is 0. The highest BCUT2D eigenvalue weighted by molar-refractivity contribution is 5.95. The lowest BCUT2D eigenvalue weighted by molar-refractivity contribution is 0.0963. The maximum absolute atomic E-state index is 12.2. The third kappa shape index (κ3) is 3.76. The zero-order valence-corrected chi connectivity index (χ0v) is 20.1. The molecule has 1 amide bonds. The van der Waals surface area contributed by atoms with Gasteiger partial charge in [0, 0.05) is 35.0 Å². The molecule has 0 saturated heterocycles. The second kappa shape index (κ2) is 8.73. The Morgan fingerprint density at radius 2 is 1.64 bits per heavy atom. The number of hydrogen-bond acceptors (Lipinski definition) is 4. The summed E-state index contributed by atoms with van der Waals surface area (Å²) in [5.74, 6) is 0.701. The van der Waals surface area contributed by atoms with E-state index in [2.05, 4.69) is 46.3 Å². The molecule has 5 aromatic rings. The normalized spacial score (nSPS) is 14.4. The summed E-state index contributed by atoms with van der Waals surface area (Å²) in [5.41, 5.74) is 13.3. The first-order valence-electron chi connectivity index (χ1n) is 12.2. The molecule has 6 nitrogen and oxygen atoms in total. The van der Waals surface area contributed by atoms with E-state index in [9.17, 15) is 4.79 Å². The highest BCUT2D eigenvalue weighted by atomic mass is 16.1. The van der Waals surface area contributed by atoms with Crippen LogP contribution in [0.3, 0.4) is 0 Å². The maximum Gasteiger partial charge on any atom is 0.251 e. The van der Waals surface area contributed by atoms with Crippen molar-refractivity contribution in [1.82, 2.24) is 19.9 Å². The predicted octanol–water partition coefficient (Wildman–Crippen LogP) is 5.45. The Labute approximate surface area is 209 Å². The third-order valence-electron chi connectivity index (χ3n) is 7.13. The van der Waals surface area contributed by atoms with Gasteiger partial charge in [-0.25, -0.2) is 9.97 Å². The Morgan fingerprint density at radius 1 is 0.889 bits per heavy atom. The van der Waals surface area contributed by atoms with E-state index in [4.69, 9.17) is 15.7 Å². The van der Waals surface area contributed by atoms with E-state index in [1.807, 2.05) is 48.5 Å². The molecule has 0 aliphatic heterocycles. The molecule has 3 aromatic carbocycles. The van der Waals surface area contributed by atoms with E-state index in [1.54, 1.807) is 13.1 Å². The minimum Gasteiger partial charge on any atom is -0.355 e. The van der Waals surface area contributed by atoms with Gasteiger partial charge in [-0.3, -0.25) is 9.36 Å². The zero-order valence-electron chi connectivity index (χ0n) is 20.1. The largest absolute Gasteiger partial charge is 0.355 e. The number of nitrogens with one attached hydrogen (secondary N) is 1. The highest BCUT2D eigenvalue weighted by Crippen LogP contribution is 2.39. The molecule has 2 aromatic heterocycles. The number of fused-ring (bicyclic) bond motifs is 1. The number of amides is 1. The quantitative estimate of drug-likeness (QED) is 0.355. The maximum atomic E-state index is 12.2. The zero-order chi connectivity index (χ0) is 24.7. The molecule has 1 saturated carbocycles. The van der Waals surface area contributed by atoms with Crippen LogP contribution in [0.15, 0.2) is 91.0 Å². The standard InChI is InChI=1S/C30H27N5O/c1-32-29(36)22-10-5-9-21(19-22)25-15-16-26-28(33-25)35(27(34-26)20-7-3-2-4-8-20)24-13-11-23(12-14-24)30(31)17-6-18-30/h2-5,7-16,19H,6,17-18,31H2,1H3,(H,32,36). The van der Waals surface area contributed by atoms with Gasteiger partial charge in [-0.15, -0.1) is 0 Å². The van der Waals surface area contributed by atoms with Crippen molar-refractivity contribution in [3.8, 4) is 28.3 Å². The van der Waals surface area contributed by atoms with Gasteiger partial charge in [-0.1, -0.05) is 54.6 Å². The van der Waals surface area contributed by atoms with Gasteiger partial charge < -0.3 is 11.1 Å². The Morgan fingerprint density at radius 3 is 2.33 bits per heavy atom. The summed E-state index contributed by atoms with van der Waals surface area (Å²) in [5, 5.41) is 2.68. The van der Waals surface area contributed by atoms with E-state index >= 15 is 0 Å². The number of hydrogen-bond donors (Lipinski definition) is 2. The molecule has 0 spiro atoms. The molecule has 3 N–H and O–H groups in total. The van der Waals surface area contributed by atoms with Crippen LogP contribution in [0.5, 0.6) is 0 Å². The van der Waals surface area contributed by atoms with E-state index in [-0.39, 0.29) is 11.4 Å². The summed E-state index contributed by atoms with van der Waals surface area (Å²) in [6.07, 6.45) is 3.22. The van der Waals surface area contributed by atoms with Crippen molar-refractivity contribution in [3.05, 3.63) is 102 Å². The average Bonchev–Trinajstić information content (AvgIpc) is 3.31. The van der Waals surface area contributed by atoms with Crippen LogP contribution in [0.25, 0.3) is 39.5 Å². The number of rotatable bonds is 5. The number of imidazole rings is 1. The van der Waals surface area contributed by atoms with Crippen molar-refractivity contribution in [2.45, 2.75) is 24.8 Å². The topological polar surface area (TPSA) is 85.8 Å². The smallest absolute Gasteiger partial charge is 0.251 e. The monoisotopic (exact) mass is 473 g/mol. The van der Waals surface area contributed by atoms with E-state index in [0.29, 0.717) is 5.56 Å². The van der Waals surface area contributed by atoms with Crippen molar-refractivity contribution in [2.24, 2.45) is 5.73 Å². The Balaban J connectivity index is 1.52. The molecule has 1 fully saturated rings. The Kier molecular flexibility index (Phi) is 5.38. The van der Waals surface area contributed by atoms with E-state index in [1.165, 1.54) is 12.0 Å². The number of aromatic nitrogens is 3. The van der Waals surface area contributed by atoms with Gasteiger partial charge in [0.1, 0.15) is 11.3 Å². The molecule has 0 atom stereocenters. The van der Waals surface area contributed by atoms with Gasteiger partial charge in [0.25, 0.3) is 5.91 Å². The molecule has 2 heterocycles. The molecule has 1 aliphatic rings. The van der Waals surface area contributed by atoms with Crippen LogP contribution in [-0.4, -0.2) is 27.5 Å². The van der Waals surface area contributed by atoms with Crippen molar-refractivity contribution in [3.63, 3.8) is 0 Å². The fraction of sp³-hybridized carbons (Fsp3) is 0.167. The number of pyridine rings is 1. The van der Waals surface area contributed by atoms with Gasteiger partial charge in [-0.2, -0.15) is 0 Å². The van der Waals surface area contributed by atoms with Gasteiger partial charge in [-0.05, 0) is 61.2 Å². The van der Waals surface area contributed by atoms with Crippen molar-refractivity contribution < 1.29 is 4.79 Å². The van der Waals surface area contributed by atoms with Crippen molar-refractivity contribution in [2.75, 3.05) is 7.05 Å². The van der Waals surface area contributed by atoms with Crippen LogP contribution < -0.4 is 11.1 Å². The number of nitrogens with zero attached hydrogens (tertiary/aromatic N) is 3. The fourth-order valence-corrected chi connectivity index (χ4v) is 4.90. The summed E-state index contributed by atoms with van der Waals surface area (Å²) >= 11 is 0. The third-order valence-corrected chi connectivity index (χ3v) is 7.13. The molecule has 36 heavy (non-hydrogen) atoms. The number of benzene rings is 3. The molecule has 0 radical (unpaired) electrons. The van der Waals surface area contributed by atoms with Crippen LogP contribution in [0.2, 0.25) is 0 Å². The second-order valence-electron chi connectivity index (χ2n) is 9.39. The van der Waals surface area contributed by atoms with Crippen LogP contribution in [-0.2, 0) is 5.54 Å². The molecule has 1 aliphatic carbocycles. The van der Waals surface area contributed by atoms with Crippen LogP contribution in [0.1, 0.15) is 35.2 Å². The Hall–Kier alpha value is -4.29. The SMILES string of the molecule is CNC(=O)c1cccc(-c2ccc3nc(-c4ccccc4)n(-c4ccc(C5(N)CCC5)cc4)c3n2)c1. The lowest BCUT2D eigenvalue weighted by atomic mass is 9.73. The predicted molar refractivity (Wildman–Crippen MR) is 143 cm³/mol. The summed E-state index contributed by atoms with van der Waals surface area (Å²) in [6, 6.07) is 30.1. The molecular formula is C30H27N5O. The lowest BCUT2D eigenvalue weighted by Crippen LogP contribution is -2.43. The molecule has 0 bridgehead atoms. The van der Waals surface area contributed by atoms with E-state index < -0.39 is 0 Å². The second-order valence-corrected chi connectivity index (χ2v) is 9.39. The van der Waals surface area contributed by atoms with Crippen LogP contribution in [0, 0.1) is 0 Å². The van der Waals surface area contributed by atoms with Crippen LogP contribution in [0.4, 0.5) is 0 Å². The van der Waals surface area contributed by atoms with Gasteiger partial charge in [0.2, 0.25) is 0 Å². The highest BCUT2D eigenvalue weighted by Gasteiger charge is 2.34. The minimum atomic E-state index is -0.209. The number of nitrogens with two attached hydrogens (primary N) is 1. The first-order valence-corrected chi connectivity index (χ1v) is 12.2. The lowest BCUT2D eigenvalue weighted by Gasteiger charge is -2.38. The first kappa shape index (κ1) is 22.2. The van der Waals surface area contributed by atoms with Gasteiger partial charge >= 0.3 is 0 Å². The molecule has 178 valence electrons. The molecule has 0 unspecified atom stereocenters. The number of carbonyl (C=O) groups excluding carboxylic acids is 1. The average molecular weight is 474 g/mol. The number of carbonyl (C=O) groups is 1. The Bertz CT molecular complexity index is 1570. The fourth-order valence-electron chi connectivity index (χ4n) is 4.90. The minimum absolute atomic E-state index is 0.126. The summed E-state index contributed by atoms with van der Waals surface area (Å²) in [4.78, 5) is 22.2. The van der Waals surface area contributed by atoms with Crippen molar-refractivity contribution in [1.29, 1.82) is 0 Å². The van der Waals surface area contributed by atoms with Crippen LogP contribution >= 0.6 is 0 Å². The van der Waals surface area contributed by atoms with Crippen molar-refractivity contribution >= 4 is 17.1 Å². The summed E-state index contributed by atoms with van der Waals surface area (Å²) < 4.78 is 2.10. The first-order chi connectivity index (χ1) is 17.6. The molecular weight excluding hydrogens is 446 g/mol.